The summed E-state index contributed by atoms with van der Waals surface area (Å²) in [4.78, 5) is 17.8. The second kappa shape index (κ2) is 6.10. The fraction of sp³-hybridized carbons (Fsp3) is 0.571. The molecule has 1 aromatic heterocycles. The number of benzene rings is 1. The van der Waals surface area contributed by atoms with Gasteiger partial charge in [-0.3, -0.25) is 9.69 Å². The van der Waals surface area contributed by atoms with Crippen molar-refractivity contribution < 1.29 is 14.6 Å². The molecule has 0 unspecified atom stereocenters. The van der Waals surface area contributed by atoms with Gasteiger partial charge in [-0.2, -0.15) is 0 Å². The molecule has 0 amide bonds. The van der Waals surface area contributed by atoms with E-state index in [2.05, 4.69) is 34.1 Å². The van der Waals surface area contributed by atoms with E-state index in [1.54, 1.807) is 0 Å². The van der Waals surface area contributed by atoms with Gasteiger partial charge in [-0.1, -0.05) is 18.2 Å². The molecule has 5 heteroatoms. The summed E-state index contributed by atoms with van der Waals surface area (Å²) >= 11 is 0. The highest BCUT2D eigenvalue weighted by Crippen LogP contribution is 2.47. The number of carbonyl (C=O) groups is 1. The Kier molecular flexibility index (Phi) is 3.83. The smallest absolute Gasteiger partial charge is 0.303 e. The predicted octanol–water partition coefficient (Wildman–Crippen LogP) is 2.79. The quantitative estimate of drug-likeness (QED) is 0.773. The number of aliphatic hydroxyl groups is 1. The molecule has 2 aliphatic heterocycles. The molecule has 0 spiro atoms. The fourth-order valence-electron chi connectivity index (χ4n) is 5.64. The summed E-state index contributed by atoms with van der Waals surface area (Å²) in [6.45, 7) is 3.57. The summed E-state index contributed by atoms with van der Waals surface area (Å²) in [6, 6.07) is 8.87. The van der Waals surface area contributed by atoms with Crippen LogP contribution in [0, 0.1) is 11.8 Å². The van der Waals surface area contributed by atoms with Crippen molar-refractivity contribution >= 4 is 16.9 Å². The van der Waals surface area contributed by atoms with Crippen LogP contribution in [0.3, 0.4) is 0 Å². The molecule has 2 N–H and O–H groups in total. The lowest BCUT2D eigenvalue weighted by Crippen LogP contribution is -2.54. The Morgan fingerprint density at radius 1 is 1.31 bits per heavy atom. The monoisotopic (exact) mass is 354 g/mol. The summed E-state index contributed by atoms with van der Waals surface area (Å²) < 4.78 is 5.58. The van der Waals surface area contributed by atoms with Crippen molar-refractivity contribution in [3.05, 3.63) is 35.5 Å². The van der Waals surface area contributed by atoms with Gasteiger partial charge in [-0.15, -0.1) is 0 Å². The summed E-state index contributed by atoms with van der Waals surface area (Å²) in [5.74, 6) is 0.457. The number of ether oxygens (including phenoxy) is 1. The largest absolute Gasteiger partial charge is 0.459 e. The van der Waals surface area contributed by atoms with Gasteiger partial charge in [0.1, 0.15) is 6.10 Å². The zero-order valence-corrected chi connectivity index (χ0v) is 15.1. The van der Waals surface area contributed by atoms with E-state index in [1.807, 2.05) is 0 Å². The third-order valence-corrected chi connectivity index (χ3v) is 6.78. The fourth-order valence-corrected chi connectivity index (χ4v) is 5.64. The maximum absolute atomic E-state index is 11.6. The average molecular weight is 354 g/mol. The number of nitrogens with zero attached hydrogens (tertiary/aromatic N) is 1. The average Bonchev–Trinajstić information content (AvgIpc) is 3.02. The summed E-state index contributed by atoms with van der Waals surface area (Å²) in [6.07, 6.45) is 2.89. The molecule has 5 atom stereocenters. The van der Waals surface area contributed by atoms with Gasteiger partial charge in [0.05, 0.1) is 12.1 Å². The van der Waals surface area contributed by atoms with Gasteiger partial charge >= 0.3 is 5.97 Å². The number of carbonyl (C=O) groups excluding carboxylic acids is 1. The van der Waals surface area contributed by atoms with E-state index in [9.17, 15) is 9.90 Å². The first-order valence-corrected chi connectivity index (χ1v) is 9.80. The maximum atomic E-state index is 11.6. The van der Waals surface area contributed by atoms with Crippen molar-refractivity contribution in [1.82, 2.24) is 9.88 Å². The SMILES string of the molecule is CC(=O)O[C@H]1[C@H]2C[C@H]3c4[nH]c5ccccc5c4CCN3C[C@@H]2CC[C@@H]1O. The number of fused-ring (bicyclic) bond motifs is 6. The molecule has 1 saturated carbocycles. The van der Waals surface area contributed by atoms with Crippen LogP contribution in [0.2, 0.25) is 0 Å². The van der Waals surface area contributed by atoms with Crippen molar-refractivity contribution in [3.63, 3.8) is 0 Å². The Balaban J connectivity index is 1.50. The van der Waals surface area contributed by atoms with Crippen LogP contribution in [0.5, 0.6) is 0 Å². The molecule has 1 aromatic carbocycles. The molecule has 1 saturated heterocycles. The zero-order chi connectivity index (χ0) is 17.8. The van der Waals surface area contributed by atoms with Crippen LogP contribution in [0.25, 0.3) is 10.9 Å². The number of esters is 1. The highest BCUT2D eigenvalue weighted by Gasteiger charge is 2.48. The lowest BCUT2D eigenvalue weighted by molar-refractivity contribution is -0.169. The van der Waals surface area contributed by atoms with E-state index in [-0.39, 0.29) is 18.0 Å². The molecule has 2 aromatic rings. The van der Waals surface area contributed by atoms with Crippen LogP contribution >= 0.6 is 0 Å². The topological polar surface area (TPSA) is 65.6 Å². The molecular formula is C21H26N2O3. The summed E-state index contributed by atoms with van der Waals surface area (Å²) in [5, 5.41) is 11.8. The number of nitrogens with one attached hydrogen (secondary N) is 1. The van der Waals surface area contributed by atoms with Gasteiger partial charge in [-0.25, -0.2) is 0 Å². The second-order valence-corrected chi connectivity index (χ2v) is 8.20. The first-order chi connectivity index (χ1) is 12.6. The van der Waals surface area contributed by atoms with E-state index in [1.165, 1.54) is 29.1 Å². The molecule has 1 aliphatic carbocycles. The molecule has 2 fully saturated rings. The van der Waals surface area contributed by atoms with E-state index in [0.717, 1.165) is 38.8 Å². The molecule has 26 heavy (non-hydrogen) atoms. The first-order valence-electron chi connectivity index (χ1n) is 9.80. The molecule has 3 aliphatic rings. The number of para-hydroxylation sites is 1. The predicted molar refractivity (Wildman–Crippen MR) is 98.7 cm³/mol. The molecular weight excluding hydrogens is 328 g/mol. The third-order valence-electron chi connectivity index (χ3n) is 6.78. The number of aromatic amines is 1. The number of rotatable bonds is 1. The Labute approximate surface area is 153 Å². The second-order valence-electron chi connectivity index (χ2n) is 8.20. The lowest BCUT2D eigenvalue weighted by Gasteiger charge is -2.51. The number of piperidine rings is 1. The van der Waals surface area contributed by atoms with Gasteiger partial charge in [0, 0.05) is 42.5 Å². The van der Waals surface area contributed by atoms with Crippen LogP contribution in [-0.2, 0) is 16.0 Å². The van der Waals surface area contributed by atoms with Crippen molar-refractivity contribution in [2.24, 2.45) is 11.8 Å². The minimum atomic E-state index is -0.530. The molecule has 0 bridgehead atoms. The highest BCUT2D eigenvalue weighted by molar-refractivity contribution is 5.85. The lowest BCUT2D eigenvalue weighted by atomic mass is 9.69. The van der Waals surface area contributed by atoms with E-state index in [0.29, 0.717) is 12.0 Å². The zero-order valence-electron chi connectivity index (χ0n) is 15.1. The van der Waals surface area contributed by atoms with Crippen molar-refractivity contribution in [2.45, 2.75) is 50.9 Å². The van der Waals surface area contributed by atoms with Gasteiger partial charge in [0.2, 0.25) is 0 Å². The molecule has 5 nitrogen and oxygen atoms in total. The minimum Gasteiger partial charge on any atom is -0.459 e. The van der Waals surface area contributed by atoms with E-state index < -0.39 is 6.10 Å². The molecule has 0 radical (unpaired) electrons. The summed E-state index contributed by atoms with van der Waals surface area (Å²) in [5.41, 5.74) is 3.99. The normalized spacial score (nSPS) is 34.0. The van der Waals surface area contributed by atoms with Crippen LogP contribution in [-0.4, -0.2) is 46.3 Å². The van der Waals surface area contributed by atoms with E-state index >= 15 is 0 Å². The molecule has 5 rings (SSSR count). The van der Waals surface area contributed by atoms with Gasteiger partial charge in [0.15, 0.2) is 0 Å². The van der Waals surface area contributed by atoms with Crippen LogP contribution in [0.4, 0.5) is 0 Å². The van der Waals surface area contributed by atoms with Crippen LogP contribution in [0.15, 0.2) is 24.3 Å². The van der Waals surface area contributed by atoms with Crippen molar-refractivity contribution in [1.29, 1.82) is 0 Å². The Morgan fingerprint density at radius 2 is 2.15 bits per heavy atom. The van der Waals surface area contributed by atoms with Crippen LogP contribution in [0.1, 0.15) is 43.5 Å². The molecule has 3 heterocycles. The Morgan fingerprint density at radius 3 is 3.00 bits per heavy atom. The molecule has 138 valence electrons. The summed E-state index contributed by atoms with van der Waals surface area (Å²) in [7, 11) is 0. The maximum Gasteiger partial charge on any atom is 0.303 e. The highest BCUT2D eigenvalue weighted by atomic mass is 16.6. The number of hydrogen-bond acceptors (Lipinski definition) is 4. The van der Waals surface area contributed by atoms with Gasteiger partial charge in [0.25, 0.3) is 0 Å². The minimum absolute atomic E-state index is 0.237. The third kappa shape index (κ3) is 2.48. The number of aliphatic hydroxyl groups excluding tert-OH is 1. The van der Waals surface area contributed by atoms with Gasteiger partial charge < -0.3 is 14.8 Å². The number of H-pyrrole nitrogens is 1. The van der Waals surface area contributed by atoms with Crippen molar-refractivity contribution in [2.75, 3.05) is 13.1 Å². The van der Waals surface area contributed by atoms with E-state index in [4.69, 9.17) is 4.74 Å². The standard InChI is InChI=1S/C21H26N2O3/c1-12(24)26-21-16-10-18-20-15(14-4-2-3-5-17(14)22-20)8-9-23(18)11-13(16)6-7-19(21)25/h2-5,13,16,18-19,21-22,25H,6-11H2,1H3/t13-,16-,18-,19-,21-/m0/s1. The van der Waals surface area contributed by atoms with Gasteiger partial charge in [-0.05, 0) is 43.2 Å². The number of hydrogen-bond donors (Lipinski definition) is 2. The first kappa shape index (κ1) is 16.3. The van der Waals surface area contributed by atoms with Crippen LogP contribution < -0.4 is 0 Å². The number of aromatic nitrogens is 1. The van der Waals surface area contributed by atoms with Crippen molar-refractivity contribution in [3.8, 4) is 0 Å². The Hall–Kier alpha value is -1.85. The Bertz CT molecular complexity index is 845.